The predicted octanol–water partition coefficient (Wildman–Crippen LogP) is 0.990. The number of nitrogens with one attached hydrogen (secondary N) is 1. The highest BCUT2D eigenvalue weighted by molar-refractivity contribution is 5.78. The summed E-state index contributed by atoms with van der Waals surface area (Å²) in [5.41, 5.74) is 0.740. The molecule has 1 rings (SSSR count). The van der Waals surface area contributed by atoms with Gasteiger partial charge in [-0.25, -0.2) is 0 Å². The molecule has 0 aliphatic heterocycles. The molecule has 0 radical (unpaired) electrons. The van der Waals surface area contributed by atoms with Crippen molar-refractivity contribution in [1.29, 1.82) is 0 Å². The second kappa shape index (κ2) is 8.46. The van der Waals surface area contributed by atoms with Crippen LogP contribution in [0.15, 0.2) is 36.0 Å². The third kappa shape index (κ3) is 6.75. The van der Waals surface area contributed by atoms with Gasteiger partial charge >= 0.3 is 0 Å². The first kappa shape index (κ1) is 11.4. The molecule has 0 saturated carbocycles. The van der Waals surface area contributed by atoms with Gasteiger partial charge in [0.1, 0.15) is 6.29 Å². The Hall–Kier alpha value is -1.64. The van der Waals surface area contributed by atoms with E-state index in [1.54, 1.807) is 13.1 Å². The number of carbonyl (C=O) groups is 2. The third-order valence-electron chi connectivity index (χ3n) is 1.26. The van der Waals surface area contributed by atoms with Crippen LogP contribution in [0, 0.1) is 0 Å². The molecule has 0 aromatic carbocycles. The molecule has 70 valence electrons. The maximum absolute atomic E-state index is 10.2. The second-order valence-corrected chi connectivity index (χ2v) is 2.26. The van der Waals surface area contributed by atoms with Gasteiger partial charge in [0.25, 0.3) is 0 Å². The van der Waals surface area contributed by atoms with Crippen LogP contribution in [0.4, 0.5) is 0 Å². The van der Waals surface area contributed by atoms with Crippen LogP contribution in [0.2, 0.25) is 0 Å². The van der Waals surface area contributed by atoms with Crippen molar-refractivity contribution in [1.82, 2.24) is 5.32 Å². The lowest BCUT2D eigenvalue weighted by atomic mass is 10.3. The summed E-state index contributed by atoms with van der Waals surface area (Å²) in [7, 11) is 1.56. The topological polar surface area (TPSA) is 46.2 Å². The number of hydrogen-bond donors (Lipinski definition) is 1. The summed E-state index contributed by atoms with van der Waals surface area (Å²) in [5, 5.41) is 2.25. The van der Waals surface area contributed by atoms with Crippen molar-refractivity contribution in [2.45, 2.75) is 6.42 Å². The number of allylic oxidation sites excluding steroid dienone is 6. The average Bonchev–Trinajstić information content (AvgIpc) is 2.46. The lowest BCUT2D eigenvalue weighted by Gasteiger charge is -1.80. The quantitative estimate of drug-likeness (QED) is 0.642. The minimum Gasteiger partial charge on any atom is -0.362 e. The third-order valence-corrected chi connectivity index (χ3v) is 1.26. The maximum Gasteiger partial charge on any atom is 0.206 e. The van der Waals surface area contributed by atoms with Crippen LogP contribution in [-0.2, 0) is 9.59 Å². The van der Waals surface area contributed by atoms with Crippen LogP contribution in [0.3, 0.4) is 0 Å². The van der Waals surface area contributed by atoms with Gasteiger partial charge < -0.3 is 5.32 Å². The van der Waals surface area contributed by atoms with E-state index < -0.39 is 0 Å². The van der Waals surface area contributed by atoms with Crippen molar-refractivity contribution in [3.63, 3.8) is 0 Å². The first-order valence-electron chi connectivity index (χ1n) is 3.94. The van der Waals surface area contributed by atoms with Crippen LogP contribution < -0.4 is 5.32 Å². The summed E-state index contributed by atoms with van der Waals surface area (Å²) >= 11 is 0. The van der Waals surface area contributed by atoms with E-state index in [1.165, 1.54) is 0 Å². The van der Waals surface area contributed by atoms with Gasteiger partial charge in [0.05, 0.1) is 0 Å². The van der Waals surface area contributed by atoms with E-state index in [-0.39, 0.29) is 0 Å². The normalized spacial score (nSPS) is 13.2. The maximum atomic E-state index is 10.2. The van der Waals surface area contributed by atoms with Crippen molar-refractivity contribution in [2.75, 3.05) is 7.05 Å². The van der Waals surface area contributed by atoms with Crippen molar-refractivity contribution in [2.24, 2.45) is 0 Å². The molecule has 0 aromatic heterocycles. The van der Waals surface area contributed by atoms with Gasteiger partial charge in [-0.2, -0.15) is 0 Å². The summed E-state index contributed by atoms with van der Waals surface area (Å²) in [6.45, 7) is 0. The molecular weight excluding hydrogens is 166 g/mol. The smallest absolute Gasteiger partial charge is 0.206 e. The van der Waals surface area contributed by atoms with Gasteiger partial charge in [-0.3, -0.25) is 9.59 Å². The van der Waals surface area contributed by atoms with Crippen LogP contribution in [0.25, 0.3) is 0 Å². The van der Waals surface area contributed by atoms with Gasteiger partial charge in [0, 0.05) is 12.6 Å². The van der Waals surface area contributed by atoms with Gasteiger partial charge in [-0.1, -0.05) is 30.4 Å². The highest BCUT2D eigenvalue weighted by Crippen LogP contribution is 2.00. The fourth-order valence-electron chi connectivity index (χ4n) is 0.675. The minimum absolute atomic E-state index is 0.625. The van der Waals surface area contributed by atoms with Gasteiger partial charge in [-0.15, -0.1) is 0 Å². The molecule has 13 heavy (non-hydrogen) atoms. The van der Waals surface area contributed by atoms with Crippen LogP contribution in [0.1, 0.15) is 6.42 Å². The Morgan fingerprint density at radius 3 is 2.62 bits per heavy atom. The molecule has 0 spiro atoms. The van der Waals surface area contributed by atoms with Crippen LogP contribution in [-0.4, -0.2) is 19.7 Å². The molecule has 1 aliphatic carbocycles. The molecule has 0 atom stereocenters. The zero-order valence-corrected chi connectivity index (χ0v) is 7.57. The second-order valence-electron chi connectivity index (χ2n) is 2.26. The van der Waals surface area contributed by atoms with Gasteiger partial charge in [-0.05, 0) is 6.42 Å². The van der Waals surface area contributed by atoms with Crippen molar-refractivity contribution >= 4 is 12.7 Å². The number of hydrogen-bond acceptors (Lipinski definition) is 2. The van der Waals surface area contributed by atoms with E-state index >= 15 is 0 Å². The summed E-state index contributed by atoms with van der Waals surface area (Å²) in [5.74, 6) is 0. The van der Waals surface area contributed by atoms with E-state index in [1.807, 2.05) is 24.3 Å². The Bertz CT molecular complexity index is 239. The monoisotopic (exact) mass is 179 g/mol. The van der Waals surface area contributed by atoms with E-state index in [9.17, 15) is 4.79 Å². The number of carbonyl (C=O) groups excluding carboxylic acids is 2. The molecule has 0 unspecified atom stereocenters. The molecule has 0 heterocycles. The predicted molar refractivity (Wildman–Crippen MR) is 52.2 cm³/mol. The standard InChI is InChI=1S/C8H8O.C2H5NO/c9-7-8-5-3-1-2-4-6-8;1-3-2-4/h1,3-7H,2H2;2H,1H3,(H,3,4). The lowest BCUT2D eigenvalue weighted by Crippen LogP contribution is -1.98. The molecule has 0 aromatic rings. The molecule has 0 fully saturated rings. The van der Waals surface area contributed by atoms with Gasteiger partial charge in [0.2, 0.25) is 6.41 Å². The molecular formula is C10H13NO2. The minimum atomic E-state index is 0.625. The van der Waals surface area contributed by atoms with Crippen molar-refractivity contribution < 1.29 is 9.59 Å². The number of aldehydes is 1. The van der Waals surface area contributed by atoms with E-state index in [0.29, 0.717) is 6.41 Å². The summed E-state index contributed by atoms with van der Waals surface area (Å²) in [6, 6.07) is 0. The van der Waals surface area contributed by atoms with Crippen molar-refractivity contribution in [3.8, 4) is 0 Å². The summed E-state index contributed by atoms with van der Waals surface area (Å²) < 4.78 is 0. The molecule has 1 amide bonds. The Labute approximate surface area is 77.8 Å². The zero-order chi connectivity index (χ0) is 9.94. The van der Waals surface area contributed by atoms with Crippen molar-refractivity contribution in [3.05, 3.63) is 36.0 Å². The largest absolute Gasteiger partial charge is 0.362 e. The zero-order valence-electron chi connectivity index (χ0n) is 7.57. The summed E-state index contributed by atoms with van der Waals surface area (Å²) in [6.07, 6.45) is 11.9. The molecule has 0 saturated heterocycles. The molecule has 0 bridgehead atoms. The highest BCUT2D eigenvalue weighted by Gasteiger charge is 1.86. The average molecular weight is 179 g/mol. The van der Waals surface area contributed by atoms with E-state index in [0.717, 1.165) is 18.3 Å². The van der Waals surface area contributed by atoms with Gasteiger partial charge in [0.15, 0.2) is 0 Å². The van der Waals surface area contributed by atoms with Crippen LogP contribution in [0.5, 0.6) is 0 Å². The lowest BCUT2D eigenvalue weighted by molar-refractivity contribution is -0.109. The SMILES string of the molecule is CNC=O.O=CC1=CC=CCC=C1. The molecule has 1 aliphatic rings. The summed E-state index contributed by atoms with van der Waals surface area (Å²) in [4.78, 5) is 19.2. The Kier molecular flexibility index (Phi) is 7.39. The molecule has 3 nitrogen and oxygen atoms in total. The fourth-order valence-corrected chi connectivity index (χ4v) is 0.675. The Morgan fingerprint density at radius 1 is 1.38 bits per heavy atom. The van der Waals surface area contributed by atoms with Crippen LogP contribution >= 0.6 is 0 Å². The highest BCUT2D eigenvalue weighted by atomic mass is 16.1. The van der Waals surface area contributed by atoms with E-state index in [4.69, 9.17) is 4.79 Å². The van der Waals surface area contributed by atoms with E-state index in [2.05, 4.69) is 5.32 Å². The first-order valence-corrected chi connectivity index (χ1v) is 3.94. The first-order chi connectivity index (χ1) is 6.35. The molecule has 3 heteroatoms. The number of amides is 1. The molecule has 1 N–H and O–H groups in total. The Balaban J connectivity index is 0.000000310. The Morgan fingerprint density at radius 2 is 2.08 bits per heavy atom. The fraction of sp³-hybridized carbons (Fsp3) is 0.200. The number of rotatable bonds is 2.